The van der Waals surface area contributed by atoms with Crippen molar-refractivity contribution in [3.05, 3.63) is 65.7 Å². The zero-order valence-electron chi connectivity index (χ0n) is 19.6. The van der Waals surface area contributed by atoms with E-state index in [9.17, 15) is 0 Å². The van der Waals surface area contributed by atoms with Gasteiger partial charge >= 0.3 is 0 Å². The van der Waals surface area contributed by atoms with Gasteiger partial charge in [-0.3, -0.25) is 0 Å². The summed E-state index contributed by atoms with van der Waals surface area (Å²) in [6.07, 6.45) is 6.34. The molecular weight excluding hydrogens is 410 g/mol. The van der Waals surface area contributed by atoms with Gasteiger partial charge in [0.05, 0.1) is 6.54 Å². The second-order valence-electron chi connectivity index (χ2n) is 10.0. The summed E-state index contributed by atoms with van der Waals surface area (Å²) in [5.74, 6) is 3.27. The third-order valence-electron chi connectivity index (χ3n) is 6.45. The van der Waals surface area contributed by atoms with E-state index in [2.05, 4.69) is 76.4 Å². The number of H-pyrrole nitrogens is 1. The Hall–Kier alpha value is -3.35. The van der Waals surface area contributed by atoms with Gasteiger partial charge in [-0.05, 0) is 40.0 Å². The molecule has 0 saturated heterocycles. The van der Waals surface area contributed by atoms with Crippen molar-refractivity contribution in [3.8, 4) is 22.5 Å². The van der Waals surface area contributed by atoms with Crippen LogP contribution in [0.15, 0.2) is 48.5 Å². The SMILES string of the molecule is CC(C)(C)c1nc(C2CCCCC2)nn1Cc1ccc(-c2ccccc2-c2nnn[nH]2)cc1. The monoisotopic (exact) mass is 441 g/mol. The van der Waals surface area contributed by atoms with Crippen molar-refractivity contribution in [1.29, 1.82) is 0 Å². The Kier molecular flexibility index (Phi) is 5.79. The predicted molar refractivity (Wildman–Crippen MR) is 129 cm³/mol. The highest BCUT2D eigenvalue weighted by molar-refractivity contribution is 5.80. The molecule has 7 heteroatoms. The van der Waals surface area contributed by atoms with Crippen LogP contribution in [0.1, 0.15) is 76.0 Å². The standard InChI is InChI=1S/C26H31N7/c1-26(2,3)25-27-23(20-9-5-4-6-10-20)30-33(25)17-18-13-15-19(16-14-18)21-11-7-8-12-22(21)24-28-31-32-29-24/h7-8,11-16,20H,4-6,9-10,17H2,1-3H3,(H,28,29,31,32). The maximum absolute atomic E-state index is 5.04. The van der Waals surface area contributed by atoms with Crippen molar-refractivity contribution in [2.45, 2.75) is 70.8 Å². The minimum Gasteiger partial charge on any atom is -0.245 e. The molecule has 1 aliphatic rings. The molecule has 1 fully saturated rings. The summed E-state index contributed by atoms with van der Waals surface area (Å²) in [6, 6.07) is 16.8. The summed E-state index contributed by atoms with van der Waals surface area (Å²) >= 11 is 0. The number of nitrogens with zero attached hydrogens (tertiary/aromatic N) is 6. The first kappa shape index (κ1) is 21.5. The normalized spacial score (nSPS) is 15.1. The largest absolute Gasteiger partial charge is 0.245 e. The summed E-state index contributed by atoms with van der Waals surface area (Å²) in [5.41, 5.74) is 4.37. The number of benzene rings is 2. The lowest BCUT2D eigenvalue weighted by atomic mass is 9.89. The number of nitrogens with one attached hydrogen (secondary N) is 1. The molecule has 7 nitrogen and oxygen atoms in total. The zero-order valence-corrected chi connectivity index (χ0v) is 19.6. The fraction of sp³-hybridized carbons (Fsp3) is 0.423. The van der Waals surface area contributed by atoms with Gasteiger partial charge in [-0.25, -0.2) is 14.8 Å². The first-order valence-corrected chi connectivity index (χ1v) is 11.9. The van der Waals surface area contributed by atoms with Crippen molar-refractivity contribution in [1.82, 2.24) is 35.4 Å². The van der Waals surface area contributed by atoms with Gasteiger partial charge in [0.25, 0.3) is 0 Å². The molecule has 0 atom stereocenters. The summed E-state index contributed by atoms with van der Waals surface area (Å²) in [7, 11) is 0. The van der Waals surface area contributed by atoms with Crippen LogP contribution in [-0.2, 0) is 12.0 Å². The minimum atomic E-state index is -0.0517. The molecule has 0 spiro atoms. The van der Waals surface area contributed by atoms with E-state index in [0.717, 1.165) is 34.9 Å². The summed E-state index contributed by atoms with van der Waals surface area (Å²) in [5, 5.41) is 19.4. The van der Waals surface area contributed by atoms with Gasteiger partial charge in [0.15, 0.2) is 11.6 Å². The number of aromatic amines is 1. The molecular formula is C26H31N7. The molecule has 1 N–H and O–H groups in total. The van der Waals surface area contributed by atoms with Gasteiger partial charge in [-0.15, -0.1) is 5.10 Å². The van der Waals surface area contributed by atoms with E-state index in [1.165, 1.54) is 37.7 Å². The third-order valence-corrected chi connectivity index (χ3v) is 6.45. The number of rotatable bonds is 5. The van der Waals surface area contributed by atoms with Gasteiger partial charge in [-0.2, -0.15) is 5.10 Å². The fourth-order valence-corrected chi connectivity index (χ4v) is 4.74. The van der Waals surface area contributed by atoms with Crippen molar-refractivity contribution in [2.24, 2.45) is 0 Å². The van der Waals surface area contributed by atoms with E-state index < -0.39 is 0 Å². The van der Waals surface area contributed by atoms with Crippen LogP contribution >= 0.6 is 0 Å². The third kappa shape index (κ3) is 4.58. The summed E-state index contributed by atoms with van der Waals surface area (Å²) in [6.45, 7) is 7.38. The lowest BCUT2D eigenvalue weighted by Crippen LogP contribution is -2.20. The fourth-order valence-electron chi connectivity index (χ4n) is 4.74. The van der Waals surface area contributed by atoms with Crippen molar-refractivity contribution < 1.29 is 0 Å². The summed E-state index contributed by atoms with van der Waals surface area (Å²) < 4.78 is 2.12. The molecule has 1 aliphatic carbocycles. The number of aromatic nitrogens is 7. The molecule has 2 heterocycles. The number of tetrazole rings is 1. The molecule has 2 aromatic heterocycles. The van der Waals surface area contributed by atoms with Gasteiger partial charge in [0, 0.05) is 16.9 Å². The van der Waals surface area contributed by atoms with Crippen LogP contribution in [0, 0.1) is 0 Å². The second kappa shape index (κ2) is 8.89. The van der Waals surface area contributed by atoms with Gasteiger partial charge in [0.2, 0.25) is 0 Å². The van der Waals surface area contributed by atoms with Crippen LogP contribution in [0.2, 0.25) is 0 Å². The van der Waals surface area contributed by atoms with Gasteiger partial charge in [-0.1, -0.05) is 88.6 Å². The first-order chi connectivity index (χ1) is 16.0. The molecule has 2 aromatic carbocycles. The summed E-state index contributed by atoms with van der Waals surface area (Å²) in [4.78, 5) is 5.04. The van der Waals surface area contributed by atoms with Crippen LogP contribution in [0.25, 0.3) is 22.5 Å². The Morgan fingerprint density at radius 2 is 1.67 bits per heavy atom. The van der Waals surface area contributed by atoms with E-state index in [1.807, 2.05) is 18.2 Å². The van der Waals surface area contributed by atoms with Crippen LogP contribution < -0.4 is 0 Å². The van der Waals surface area contributed by atoms with Crippen LogP contribution in [-0.4, -0.2) is 35.4 Å². The molecule has 0 amide bonds. The molecule has 170 valence electrons. The average molecular weight is 442 g/mol. The lowest BCUT2D eigenvalue weighted by molar-refractivity contribution is 0.426. The molecule has 4 aromatic rings. The zero-order chi connectivity index (χ0) is 22.8. The maximum atomic E-state index is 5.04. The topological polar surface area (TPSA) is 85.2 Å². The Labute approximate surface area is 194 Å². The Bertz CT molecular complexity index is 1190. The predicted octanol–water partition coefficient (Wildman–Crippen LogP) is 5.52. The highest BCUT2D eigenvalue weighted by Crippen LogP contribution is 2.33. The van der Waals surface area contributed by atoms with Crippen LogP contribution in [0.4, 0.5) is 0 Å². The maximum Gasteiger partial charge on any atom is 0.180 e. The minimum absolute atomic E-state index is 0.0517. The van der Waals surface area contributed by atoms with E-state index in [-0.39, 0.29) is 5.41 Å². The van der Waals surface area contributed by atoms with Crippen molar-refractivity contribution in [3.63, 3.8) is 0 Å². The molecule has 33 heavy (non-hydrogen) atoms. The highest BCUT2D eigenvalue weighted by Gasteiger charge is 2.27. The smallest absolute Gasteiger partial charge is 0.180 e. The quantitative estimate of drug-likeness (QED) is 0.441. The van der Waals surface area contributed by atoms with E-state index in [0.29, 0.717) is 11.7 Å². The molecule has 5 rings (SSSR count). The highest BCUT2D eigenvalue weighted by atomic mass is 15.5. The van der Waals surface area contributed by atoms with Gasteiger partial charge < -0.3 is 0 Å². The second-order valence-corrected chi connectivity index (χ2v) is 10.0. The van der Waals surface area contributed by atoms with Crippen LogP contribution in [0.3, 0.4) is 0 Å². The molecule has 1 saturated carbocycles. The Morgan fingerprint density at radius 1 is 0.939 bits per heavy atom. The molecule has 0 unspecified atom stereocenters. The average Bonchev–Trinajstić information content (AvgIpc) is 3.51. The van der Waals surface area contributed by atoms with Crippen molar-refractivity contribution >= 4 is 0 Å². The number of hydrogen-bond acceptors (Lipinski definition) is 5. The van der Waals surface area contributed by atoms with Gasteiger partial charge in [0.1, 0.15) is 5.82 Å². The number of hydrogen-bond donors (Lipinski definition) is 1. The molecule has 0 radical (unpaired) electrons. The van der Waals surface area contributed by atoms with E-state index >= 15 is 0 Å². The van der Waals surface area contributed by atoms with E-state index in [1.54, 1.807) is 0 Å². The Balaban J connectivity index is 1.42. The Morgan fingerprint density at radius 3 is 2.33 bits per heavy atom. The van der Waals surface area contributed by atoms with Crippen molar-refractivity contribution in [2.75, 3.05) is 0 Å². The van der Waals surface area contributed by atoms with Crippen LogP contribution in [0.5, 0.6) is 0 Å². The molecule has 0 aliphatic heterocycles. The lowest BCUT2D eigenvalue weighted by Gasteiger charge is -2.19. The van der Waals surface area contributed by atoms with E-state index in [4.69, 9.17) is 10.1 Å². The first-order valence-electron chi connectivity index (χ1n) is 11.9. The molecule has 0 bridgehead atoms.